The van der Waals surface area contributed by atoms with Crippen LogP contribution in [-0.4, -0.2) is 23.9 Å². The molecule has 1 heterocycles. The molecule has 1 aliphatic heterocycles. The number of nitrogens with zero attached hydrogens (tertiary/aromatic N) is 1. The van der Waals surface area contributed by atoms with Gasteiger partial charge < -0.3 is 4.90 Å². The third kappa shape index (κ3) is 2.09. The summed E-state index contributed by atoms with van der Waals surface area (Å²) in [5, 5.41) is 0. The molecule has 0 N–H and O–H groups in total. The topological polar surface area (TPSA) is 20.3 Å². The molecule has 1 aliphatic carbocycles. The zero-order valence-electron chi connectivity index (χ0n) is 9.73. The Labute approximate surface area is 116 Å². The van der Waals surface area contributed by atoms with Crippen molar-refractivity contribution in [3.05, 3.63) is 33.4 Å². The predicted octanol–water partition coefficient (Wildman–Crippen LogP) is 3.16. The lowest BCUT2D eigenvalue weighted by molar-refractivity contribution is 0.0779. The van der Waals surface area contributed by atoms with E-state index in [2.05, 4.69) is 27.5 Å². The highest BCUT2D eigenvalue weighted by molar-refractivity contribution is 14.1. The minimum atomic E-state index is 0.226. The lowest BCUT2D eigenvalue weighted by Gasteiger charge is -2.18. The number of likely N-dealkylation sites (tertiary alicyclic amines) is 1. The number of hydrogen-bond acceptors (Lipinski definition) is 1. The first-order valence-corrected chi connectivity index (χ1v) is 7.37. The summed E-state index contributed by atoms with van der Waals surface area (Å²) in [6.45, 7) is 1.96. The molecule has 2 aliphatic rings. The maximum atomic E-state index is 12.4. The van der Waals surface area contributed by atoms with E-state index in [0.29, 0.717) is 0 Å². The van der Waals surface area contributed by atoms with Gasteiger partial charge in [-0.2, -0.15) is 0 Å². The van der Waals surface area contributed by atoms with Crippen molar-refractivity contribution in [2.24, 2.45) is 11.8 Å². The maximum absolute atomic E-state index is 12.4. The molecule has 1 saturated carbocycles. The van der Waals surface area contributed by atoms with Crippen LogP contribution in [0.1, 0.15) is 29.6 Å². The zero-order valence-corrected chi connectivity index (χ0v) is 11.9. The first-order valence-electron chi connectivity index (χ1n) is 6.29. The van der Waals surface area contributed by atoms with Gasteiger partial charge in [-0.1, -0.05) is 18.6 Å². The smallest absolute Gasteiger partial charge is 0.254 e. The Hall–Kier alpha value is -0.580. The summed E-state index contributed by atoms with van der Waals surface area (Å²) in [5.41, 5.74) is 0.869. The van der Waals surface area contributed by atoms with E-state index in [4.69, 9.17) is 0 Å². The molecular formula is C14H16INO. The number of benzene rings is 1. The fourth-order valence-corrected chi connectivity index (χ4v) is 3.82. The Morgan fingerprint density at radius 2 is 1.82 bits per heavy atom. The molecule has 1 aromatic carbocycles. The molecule has 2 fully saturated rings. The fourth-order valence-electron chi connectivity index (χ4n) is 3.21. The van der Waals surface area contributed by atoms with Gasteiger partial charge in [-0.25, -0.2) is 0 Å². The van der Waals surface area contributed by atoms with Crippen molar-refractivity contribution < 1.29 is 4.79 Å². The zero-order chi connectivity index (χ0) is 11.8. The van der Waals surface area contributed by atoms with Gasteiger partial charge in [0, 0.05) is 16.7 Å². The van der Waals surface area contributed by atoms with E-state index in [0.717, 1.165) is 34.1 Å². The monoisotopic (exact) mass is 341 g/mol. The van der Waals surface area contributed by atoms with E-state index in [1.165, 1.54) is 19.3 Å². The summed E-state index contributed by atoms with van der Waals surface area (Å²) in [7, 11) is 0. The molecule has 2 nitrogen and oxygen atoms in total. The molecule has 0 spiro atoms. The first kappa shape index (κ1) is 11.5. The summed E-state index contributed by atoms with van der Waals surface area (Å²) in [6.07, 6.45) is 4.00. The van der Waals surface area contributed by atoms with Crippen molar-refractivity contribution in [2.75, 3.05) is 13.1 Å². The van der Waals surface area contributed by atoms with Crippen LogP contribution in [0.25, 0.3) is 0 Å². The number of rotatable bonds is 1. The van der Waals surface area contributed by atoms with Gasteiger partial charge in [-0.05, 0) is 59.4 Å². The van der Waals surface area contributed by atoms with Crippen molar-refractivity contribution in [3.8, 4) is 0 Å². The van der Waals surface area contributed by atoms with Crippen molar-refractivity contribution in [1.29, 1.82) is 0 Å². The SMILES string of the molecule is O=C(c1ccccc1I)N1CC2CCCC2C1. The second kappa shape index (κ2) is 4.59. The van der Waals surface area contributed by atoms with Gasteiger partial charge in [0.15, 0.2) is 0 Å². The third-order valence-corrected chi connectivity index (χ3v) is 5.06. The second-order valence-electron chi connectivity index (χ2n) is 5.14. The second-order valence-corrected chi connectivity index (χ2v) is 6.30. The number of amides is 1. The van der Waals surface area contributed by atoms with E-state index in [1.54, 1.807) is 0 Å². The molecule has 1 saturated heterocycles. The van der Waals surface area contributed by atoms with Gasteiger partial charge in [-0.3, -0.25) is 4.79 Å². The van der Waals surface area contributed by atoms with Crippen LogP contribution in [0.5, 0.6) is 0 Å². The number of carbonyl (C=O) groups is 1. The van der Waals surface area contributed by atoms with Gasteiger partial charge in [0.2, 0.25) is 0 Å². The highest BCUT2D eigenvalue weighted by atomic mass is 127. The molecule has 3 rings (SSSR count). The Morgan fingerprint density at radius 1 is 1.18 bits per heavy atom. The molecule has 2 atom stereocenters. The molecule has 0 bridgehead atoms. The minimum Gasteiger partial charge on any atom is -0.338 e. The highest BCUT2D eigenvalue weighted by Gasteiger charge is 2.38. The summed E-state index contributed by atoms with van der Waals surface area (Å²) >= 11 is 2.25. The standard InChI is InChI=1S/C14H16INO/c15-13-7-2-1-6-12(13)14(17)16-8-10-4-3-5-11(10)9-16/h1-2,6-7,10-11H,3-5,8-9H2. The number of halogens is 1. The Kier molecular flexibility index (Phi) is 3.11. The van der Waals surface area contributed by atoms with Crippen LogP contribution in [0.4, 0.5) is 0 Å². The molecule has 0 aromatic heterocycles. The molecule has 17 heavy (non-hydrogen) atoms. The van der Waals surface area contributed by atoms with Gasteiger partial charge in [0.1, 0.15) is 0 Å². The van der Waals surface area contributed by atoms with E-state index < -0.39 is 0 Å². The molecular weight excluding hydrogens is 325 g/mol. The quantitative estimate of drug-likeness (QED) is 0.719. The average Bonchev–Trinajstić information content (AvgIpc) is 2.88. The van der Waals surface area contributed by atoms with Crippen LogP contribution < -0.4 is 0 Å². The van der Waals surface area contributed by atoms with E-state index in [1.807, 2.05) is 24.3 Å². The fraction of sp³-hybridized carbons (Fsp3) is 0.500. The predicted molar refractivity (Wildman–Crippen MR) is 75.9 cm³/mol. The summed E-state index contributed by atoms with van der Waals surface area (Å²) in [5.74, 6) is 1.78. The average molecular weight is 341 g/mol. The number of hydrogen-bond donors (Lipinski definition) is 0. The minimum absolute atomic E-state index is 0.226. The van der Waals surface area contributed by atoms with E-state index in [9.17, 15) is 4.79 Å². The van der Waals surface area contributed by atoms with Crippen molar-refractivity contribution in [2.45, 2.75) is 19.3 Å². The normalized spacial score (nSPS) is 27.2. The molecule has 0 radical (unpaired) electrons. The lowest BCUT2D eigenvalue weighted by atomic mass is 10.0. The maximum Gasteiger partial charge on any atom is 0.254 e. The molecule has 2 unspecified atom stereocenters. The first-order chi connectivity index (χ1) is 8.25. The van der Waals surface area contributed by atoms with Crippen LogP contribution in [0.2, 0.25) is 0 Å². The van der Waals surface area contributed by atoms with Gasteiger partial charge in [-0.15, -0.1) is 0 Å². The third-order valence-electron chi connectivity index (χ3n) is 4.12. The van der Waals surface area contributed by atoms with Crippen molar-refractivity contribution in [3.63, 3.8) is 0 Å². The molecule has 1 aromatic rings. The largest absolute Gasteiger partial charge is 0.338 e. The molecule has 1 amide bonds. The van der Waals surface area contributed by atoms with Crippen molar-refractivity contribution >= 4 is 28.5 Å². The Balaban J connectivity index is 1.78. The number of fused-ring (bicyclic) bond motifs is 1. The van der Waals surface area contributed by atoms with Crippen LogP contribution in [0, 0.1) is 15.4 Å². The molecule has 90 valence electrons. The Morgan fingerprint density at radius 3 is 2.47 bits per heavy atom. The summed E-state index contributed by atoms with van der Waals surface area (Å²) in [4.78, 5) is 14.5. The van der Waals surface area contributed by atoms with Crippen molar-refractivity contribution in [1.82, 2.24) is 4.90 Å². The number of carbonyl (C=O) groups excluding carboxylic acids is 1. The van der Waals surface area contributed by atoms with Gasteiger partial charge in [0.25, 0.3) is 5.91 Å². The summed E-state index contributed by atoms with van der Waals surface area (Å²) < 4.78 is 1.06. The highest BCUT2D eigenvalue weighted by Crippen LogP contribution is 2.38. The Bertz CT molecular complexity index is 434. The van der Waals surface area contributed by atoms with Crippen LogP contribution in [0.15, 0.2) is 24.3 Å². The van der Waals surface area contributed by atoms with E-state index >= 15 is 0 Å². The van der Waals surface area contributed by atoms with Crippen LogP contribution >= 0.6 is 22.6 Å². The van der Waals surface area contributed by atoms with E-state index in [-0.39, 0.29) is 5.91 Å². The van der Waals surface area contributed by atoms with Gasteiger partial charge in [0.05, 0.1) is 5.56 Å². The van der Waals surface area contributed by atoms with Crippen LogP contribution in [-0.2, 0) is 0 Å². The van der Waals surface area contributed by atoms with Crippen LogP contribution in [0.3, 0.4) is 0 Å². The lowest BCUT2D eigenvalue weighted by Crippen LogP contribution is -2.30. The molecule has 3 heteroatoms. The summed E-state index contributed by atoms with van der Waals surface area (Å²) in [6, 6.07) is 7.88. The van der Waals surface area contributed by atoms with Gasteiger partial charge >= 0.3 is 0 Å².